The van der Waals surface area contributed by atoms with Crippen molar-refractivity contribution >= 4 is 31.6 Å². The van der Waals surface area contributed by atoms with Crippen LogP contribution in [-0.4, -0.2) is 38.5 Å². The summed E-state index contributed by atoms with van der Waals surface area (Å²) in [7, 11) is -3.51. The molecule has 1 aliphatic heterocycles. The Kier molecular flexibility index (Phi) is 4.50. The van der Waals surface area contributed by atoms with Gasteiger partial charge in [-0.05, 0) is 40.5 Å². The molecule has 0 spiro atoms. The highest BCUT2D eigenvalue weighted by Crippen LogP contribution is 2.27. The first kappa shape index (κ1) is 14.8. The van der Waals surface area contributed by atoms with Crippen LogP contribution in [0.2, 0.25) is 0 Å². The summed E-state index contributed by atoms with van der Waals surface area (Å²) < 4.78 is 32.8. The first-order valence-corrected chi connectivity index (χ1v) is 8.34. The van der Waals surface area contributed by atoms with Crippen LogP contribution in [0.25, 0.3) is 0 Å². The zero-order valence-corrected chi connectivity index (χ0v) is 13.1. The number of anilines is 1. The molecule has 1 heterocycles. The molecule has 1 fully saturated rings. The van der Waals surface area contributed by atoms with Crippen molar-refractivity contribution in [2.45, 2.75) is 24.3 Å². The molecule has 19 heavy (non-hydrogen) atoms. The first-order valence-electron chi connectivity index (χ1n) is 6.11. The Balaban J connectivity index is 2.37. The second-order valence-corrected chi connectivity index (χ2v) is 7.18. The number of hydrogen-bond donors (Lipinski definition) is 1. The van der Waals surface area contributed by atoms with Crippen molar-refractivity contribution in [3.8, 4) is 0 Å². The van der Waals surface area contributed by atoms with E-state index in [9.17, 15) is 8.42 Å². The molecule has 0 bridgehead atoms. The second-order valence-electron chi connectivity index (χ2n) is 4.44. The van der Waals surface area contributed by atoms with Gasteiger partial charge in [0.25, 0.3) is 0 Å². The SMILES string of the molecule is CCC1COCCN1S(=O)(=O)c1ccc(Br)c(N)c1. The number of morpholine rings is 1. The van der Waals surface area contributed by atoms with Crippen LogP contribution in [0.1, 0.15) is 13.3 Å². The van der Waals surface area contributed by atoms with E-state index in [0.29, 0.717) is 29.9 Å². The van der Waals surface area contributed by atoms with Gasteiger partial charge in [0, 0.05) is 22.7 Å². The molecule has 1 saturated heterocycles. The largest absolute Gasteiger partial charge is 0.398 e. The van der Waals surface area contributed by atoms with Gasteiger partial charge in [0.2, 0.25) is 10.0 Å². The van der Waals surface area contributed by atoms with Crippen LogP contribution in [0.5, 0.6) is 0 Å². The summed E-state index contributed by atoms with van der Waals surface area (Å²) in [4.78, 5) is 0.230. The highest BCUT2D eigenvalue weighted by Gasteiger charge is 2.33. The van der Waals surface area contributed by atoms with Crippen LogP contribution in [0.3, 0.4) is 0 Å². The van der Waals surface area contributed by atoms with Crippen LogP contribution in [-0.2, 0) is 14.8 Å². The lowest BCUT2D eigenvalue weighted by Crippen LogP contribution is -2.48. The van der Waals surface area contributed by atoms with Gasteiger partial charge in [0.05, 0.1) is 18.1 Å². The maximum absolute atomic E-state index is 12.6. The fraction of sp³-hybridized carbons (Fsp3) is 0.500. The van der Waals surface area contributed by atoms with Crippen molar-refractivity contribution in [2.75, 3.05) is 25.5 Å². The number of ether oxygens (including phenoxy) is 1. The molecule has 2 rings (SSSR count). The topological polar surface area (TPSA) is 72.6 Å². The molecule has 0 radical (unpaired) electrons. The van der Waals surface area contributed by atoms with Gasteiger partial charge in [-0.1, -0.05) is 6.92 Å². The van der Waals surface area contributed by atoms with Gasteiger partial charge in [0.15, 0.2) is 0 Å². The average molecular weight is 349 g/mol. The molecule has 0 aliphatic carbocycles. The molecule has 1 aliphatic rings. The third kappa shape index (κ3) is 2.94. The van der Waals surface area contributed by atoms with Gasteiger partial charge >= 0.3 is 0 Å². The highest BCUT2D eigenvalue weighted by molar-refractivity contribution is 9.10. The minimum absolute atomic E-state index is 0.108. The maximum atomic E-state index is 12.6. The van der Waals surface area contributed by atoms with E-state index in [0.717, 1.165) is 6.42 Å². The molecule has 1 aromatic rings. The number of nitrogen functional groups attached to an aromatic ring is 1. The molecule has 5 nitrogen and oxygen atoms in total. The Morgan fingerprint density at radius 1 is 1.53 bits per heavy atom. The van der Waals surface area contributed by atoms with Crippen LogP contribution < -0.4 is 5.73 Å². The lowest BCUT2D eigenvalue weighted by Gasteiger charge is -2.34. The minimum Gasteiger partial charge on any atom is -0.398 e. The summed E-state index contributed by atoms with van der Waals surface area (Å²) in [6.07, 6.45) is 0.727. The third-order valence-electron chi connectivity index (χ3n) is 3.22. The minimum atomic E-state index is -3.51. The average Bonchev–Trinajstić information content (AvgIpc) is 2.41. The van der Waals surface area contributed by atoms with Crippen molar-refractivity contribution < 1.29 is 13.2 Å². The lowest BCUT2D eigenvalue weighted by molar-refractivity contribution is 0.0314. The third-order valence-corrected chi connectivity index (χ3v) is 5.89. The Hall–Kier alpha value is -0.630. The Bertz CT molecular complexity index is 562. The molecule has 106 valence electrons. The zero-order valence-electron chi connectivity index (χ0n) is 10.7. The monoisotopic (exact) mass is 348 g/mol. The molecule has 0 aromatic heterocycles. The molecule has 1 unspecified atom stereocenters. The summed E-state index contributed by atoms with van der Waals surface area (Å²) in [6.45, 7) is 3.22. The molecule has 0 saturated carbocycles. The predicted molar refractivity (Wildman–Crippen MR) is 77.3 cm³/mol. The number of sulfonamides is 1. The van der Waals surface area contributed by atoms with Gasteiger partial charge in [-0.15, -0.1) is 0 Å². The van der Waals surface area contributed by atoms with Gasteiger partial charge < -0.3 is 10.5 Å². The normalized spacial score (nSPS) is 21.5. The standard InChI is InChI=1S/C12H17BrN2O3S/c1-2-9-8-18-6-5-15(9)19(16,17)10-3-4-11(13)12(14)7-10/h3-4,7,9H,2,5-6,8,14H2,1H3. The Morgan fingerprint density at radius 2 is 2.26 bits per heavy atom. The summed E-state index contributed by atoms with van der Waals surface area (Å²) >= 11 is 3.26. The highest BCUT2D eigenvalue weighted by atomic mass is 79.9. The lowest BCUT2D eigenvalue weighted by atomic mass is 10.2. The quantitative estimate of drug-likeness (QED) is 0.845. The van der Waals surface area contributed by atoms with Crippen LogP contribution >= 0.6 is 15.9 Å². The first-order chi connectivity index (χ1) is 8.96. The van der Waals surface area contributed by atoms with Crippen molar-refractivity contribution in [2.24, 2.45) is 0 Å². The number of benzene rings is 1. The van der Waals surface area contributed by atoms with Crippen molar-refractivity contribution in [3.05, 3.63) is 22.7 Å². The molecular formula is C12H17BrN2O3S. The molecular weight excluding hydrogens is 332 g/mol. The number of halogens is 1. The van der Waals surface area contributed by atoms with Crippen molar-refractivity contribution in [3.63, 3.8) is 0 Å². The van der Waals surface area contributed by atoms with Crippen LogP contribution in [0.4, 0.5) is 5.69 Å². The zero-order chi connectivity index (χ0) is 14.0. The van der Waals surface area contributed by atoms with Crippen LogP contribution in [0, 0.1) is 0 Å². The van der Waals surface area contributed by atoms with E-state index in [4.69, 9.17) is 10.5 Å². The van der Waals surface area contributed by atoms with Gasteiger partial charge in [-0.25, -0.2) is 8.42 Å². The number of nitrogens with two attached hydrogens (primary N) is 1. The molecule has 1 aromatic carbocycles. The Morgan fingerprint density at radius 3 is 2.89 bits per heavy atom. The van der Waals surface area contributed by atoms with E-state index in [-0.39, 0.29) is 10.9 Å². The van der Waals surface area contributed by atoms with Crippen molar-refractivity contribution in [1.82, 2.24) is 4.31 Å². The summed E-state index contributed by atoms with van der Waals surface area (Å²) in [6, 6.07) is 4.60. The summed E-state index contributed by atoms with van der Waals surface area (Å²) in [5, 5.41) is 0. The number of nitrogens with zero attached hydrogens (tertiary/aromatic N) is 1. The van der Waals surface area contributed by atoms with Crippen LogP contribution in [0.15, 0.2) is 27.6 Å². The fourth-order valence-electron chi connectivity index (χ4n) is 2.10. The molecule has 7 heteroatoms. The predicted octanol–water partition coefficient (Wildman–Crippen LogP) is 1.83. The molecule has 1 atom stereocenters. The van der Waals surface area contributed by atoms with Gasteiger partial charge in [0.1, 0.15) is 0 Å². The van der Waals surface area contributed by atoms with Gasteiger partial charge in [-0.3, -0.25) is 0 Å². The van der Waals surface area contributed by atoms with Crippen molar-refractivity contribution in [1.29, 1.82) is 0 Å². The maximum Gasteiger partial charge on any atom is 0.243 e. The van der Waals surface area contributed by atoms with E-state index in [1.807, 2.05) is 6.92 Å². The summed E-state index contributed by atoms with van der Waals surface area (Å²) in [5.74, 6) is 0. The molecule has 0 amide bonds. The van der Waals surface area contributed by atoms with E-state index >= 15 is 0 Å². The summed E-state index contributed by atoms with van der Waals surface area (Å²) in [5.41, 5.74) is 6.18. The van der Waals surface area contributed by atoms with E-state index in [1.54, 1.807) is 12.1 Å². The Labute approximate surface area is 121 Å². The second kappa shape index (κ2) is 5.78. The molecule has 2 N–H and O–H groups in total. The van der Waals surface area contributed by atoms with E-state index in [1.165, 1.54) is 10.4 Å². The number of rotatable bonds is 3. The van der Waals surface area contributed by atoms with E-state index < -0.39 is 10.0 Å². The fourth-order valence-corrected chi connectivity index (χ4v) is 4.05. The van der Waals surface area contributed by atoms with Gasteiger partial charge in [-0.2, -0.15) is 4.31 Å². The van der Waals surface area contributed by atoms with E-state index in [2.05, 4.69) is 15.9 Å². The number of hydrogen-bond acceptors (Lipinski definition) is 4. The smallest absolute Gasteiger partial charge is 0.243 e.